The minimum atomic E-state index is -0.301. The van der Waals surface area contributed by atoms with Crippen LogP contribution in [-0.2, 0) is 6.54 Å². The van der Waals surface area contributed by atoms with E-state index in [0.29, 0.717) is 33.0 Å². The zero-order chi connectivity index (χ0) is 18.0. The predicted octanol–water partition coefficient (Wildman–Crippen LogP) is 5.45. The topological polar surface area (TPSA) is 46.9 Å². The first kappa shape index (κ1) is 17.8. The van der Waals surface area contributed by atoms with Crippen molar-refractivity contribution in [1.82, 2.24) is 9.78 Å². The van der Waals surface area contributed by atoms with Gasteiger partial charge in [0, 0.05) is 11.8 Å². The molecule has 0 aliphatic rings. The Hall–Kier alpha value is -2.01. The molecule has 7 heteroatoms. The summed E-state index contributed by atoms with van der Waals surface area (Å²) in [6.07, 6.45) is 0. The molecule has 0 radical (unpaired) electrons. The van der Waals surface area contributed by atoms with Crippen molar-refractivity contribution in [3.8, 4) is 0 Å². The molecule has 1 N–H and O–H groups in total. The van der Waals surface area contributed by atoms with Crippen molar-refractivity contribution in [3.05, 3.63) is 80.4 Å². The summed E-state index contributed by atoms with van der Waals surface area (Å²) in [5.41, 5.74) is 2.27. The monoisotopic (exact) mass is 393 g/mol. The summed E-state index contributed by atoms with van der Waals surface area (Å²) < 4.78 is 1.78. The highest BCUT2D eigenvalue weighted by molar-refractivity contribution is 6.42. The maximum absolute atomic E-state index is 12.3. The van der Waals surface area contributed by atoms with Crippen molar-refractivity contribution in [2.45, 2.75) is 13.5 Å². The standard InChI is InChI=1S/C18H14Cl3N3O/c1-11-8-17(22-18(25)13-4-2-3-5-14(13)19)23-24(11)10-12-6-7-15(20)16(21)9-12/h2-9H,10H2,1H3,(H,22,23,25). The van der Waals surface area contributed by atoms with E-state index in [-0.39, 0.29) is 5.91 Å². The molecule has 0 aliphatic heterocycles. The van der Waals surface area contributed by atoms with Crippen LogP contribution in [0.25, 0.3) is 0 Å². The van der Waals surface area contributed by atoms with E-state index in [2.05, 4.69) is 10.4 Å². The maximum atomic E-state index is 12.3. The molecule has 128 valence electrons. The van der Waals surface area contributed by atoms with Gasteiger partial charge in [0.1, 0.15) is 0 Å². The number of benzene rings is 2. The van der Waals surface area contributed by atoms with Gasteiger partial charge >= 0.3 is 0 Å². The van der Waals surface area contributed by atoms with Gasteiger partial charge in [0.25, 0.3) is 5.91 Å². The fourth-order valence-corrected chi connectivity index (χ4v) is 2.91. The lowest BCUT2D eigenvalue weighted by Crippen LogP contribution is -2.13. The Morgan fingerprint density at radius 3 is 2.52 bits per heavy atom. The Balaban J connectivity index is 1.77. The van der Waals surface area contributed by atoms with E-state index in [1.54, 1.807) is 47.1 Å². The summed E-state index contributed by atoms with van der Waals surface area (Å²) in [5.74, 6) is 0.160. The number of rotatable bonds is 4. The van der Waals surface area contributed by atoms with E-state index in [4.69, 9.17) is 34.8 Å². The first-order chi connectivity index (χ1) is 11.9. The molecule has 1 heterocycles. The molecule has 0 fully saturated rings. The van der Waals surface area contributed by atoms with Gasteiger partial charge in [0.15, 0.2) is 5.82 Å². The Bertz CT molecular complexity index is 937. The summed E-state index contributed by atoms with van der Waals surface area (Å²) in [5, 5.41) is 8.58. The van der Waals surface area contributed by atoms with Crippen LogP contribution in [0.1, 0.15) is 21.6 Å². The molecule has 0 bridgehead atoms. The summed E-state index contributed by atoms with van der Waals surface area (Å²) in [6, 6.07) is 14.1. The minimum absolute atomic E-state index is 0.301. The molecule has 1 amide bonds. The zero-order valence-corrected chi connectivity index (χ0v) is 15.5. The molecule has 0 atom stereocenters. The second-order valence-corrected chi connectivity index (χ2v) is 6.73. The largest absolute Gasteiger partial charge is 0.305 e. The third-order valence-electron chi connectivity index (χ3n) is 3.66. The van der Waals surface area contributed by atoms with E-state index < -0.39 is 0 Å². The normalized spacial score (nSPS) is 10.7. The summed E-state index contributed by atoms with van der Waals surface area (Å²) in [6.45, 7) is 2.43. The van der Waals surface area contributed by atoms with Gasteiger partial charge in [0.05, 0.1) is 27.2 Å². The predicted molar refractivity (Wildman–Crippen MR) is 102 cm³/mol. The average molecular weight is 395 g/mol. The second-order valence-electron chi connectivity index (χ2n) is 5.51. The number of nitrogens with one attached hydrogen (secondary N) is 1. The van der Waals surface area contributed by atoms with Gasteiger partial charge in [-0.25, -0.2) is 0 Å². The van der Waals surface area contributed by atoms with Gasteiger partial charge in [0.2, 0.25) is 0 Å². The summed E-state index contributed by atoms with van der Waals surface area (Å²) >= 11 is 18.0. The summed E-state index contributed by atoms with van der Waals surface area (Å²) in [4.78, 5) is 12.3. The van der Waals surface area contributed by atoms with Gasteiger partial charge in [-0.3, -0.25) is 9.48 Å². The van der Waals surface area contributed by atoms with E-state index >= 15 is 0 Å². The van der Waals surface area contributed by atoms with Crippen LogP contribution in [0.2, 0.25) is 15.1 Å². The van der Waals surface area contributed by atoms with E-state index in [1.165, 1.54) is 0 Å². The molecule has 3 rings (SSSR count). The molecule has 0 spiro atoms. The SMILES string of the molecule is Cc1cc(NC(=O)c2ccccc2Cl)nn1Cc1ccc(Cl)c(Cl)c1. The average Bonchev–Trinajstić information content (AvgIpc) is 2.90. The number of anilines is 1. The molecule has 25 heavy (non-hydrogen) atoms. The molecule has 2 aromatic carbocycles. The van der Waals surface area contributed by atoms with Crippen LogP contribution in [0.5, 0.6) is 0 Å². The number of hydrogen-bond donors (Lipinski definition) is 1. The molecule has 4 nitrogen and oxygen atoms in total. The van der Waals surface area contributed by atoms with Crippen molar-refractivity contribution in [3.63, 3.8) is 0 Å². The Morgan fingerprint density at radius 1 is 1.04 bits per heavy atom. The fourth-order valence-electron chi connectivity index (χ4n) is 2.37. The van der Waals surface area contributed by atoms with Gasteiger partial charge in [-0.15, -0.1) is 0 Å². The minimum Gasteiger partial charge on any atom is -0.305 e. The second kappa shape index (κ2) is 7.48. The molecular formula is C18H14Cl3N3O. The highest BCUT2D eigenvalue weighted by Crippen LogP contribution is 2.23. The number of aryl methyl sites for hydroxylation is 1. The lowest BCUT2D eigenvalue weighted by atomic mass is 10.2. The number of hydrogen-bond acceptors (Lipinski definition) is 2. The molecule has 0 unspecified atom stereocenters. The first-order valence-electron chi connectivity index (χ1n) is 7.48. The Labute approximate surface area is 160 Å². The quantitative estimate of drug-likeness (QED) is 0.639. The van der Waals surface area contributed by atoms with Crippen LogP contribution in [0.4, 0.5) is 5.82 Å². The van der Waals surface area contributed by atoms with Gasteiger partial charge in [-0.05, 0) is 36.8 Å². The lowest BCUT2D eigenvalue weighted by molar-refractivity contribution is 0.102. The lowest BCUT2D eigenvalue weighted by Gasteiger charge is -2.06. The molecule has 1 aromatic heterocycles. The van der Waals surface area contributed by atoms with Crippen molar-refractivity contribution in [2.24, 2.45) is 0 Å². The van der Waals surface area contributed by atoms with Crippen LogP contribution in [0.15, 0.2) is 48.5 Å². The van der Waals surface area contributed by atoms with Crippen molar-refractivity contribution >= 4 is 46.5 Å². The van der Waals surface area contributed by atoms with Crippen LogP contribution >= 0.6 is 34.8 Å². The third kappa shape index (κ3) is 4.15. The van der Waals surface area contributed by atoms with Crippen molar-refractivity contribution in [2.75, 3.05) is 5.32 Å². The summed E-state index contributed by atoms with van der Waals surface area (Å²) in [7, 11) is 0. The number of nitrogens with zero attached hydrogens (tertiary/aromatic N) is 2. The van der Waals surface area contributed by atoms with Crippen molar-refractivity contribution < 1.29 is 4.79 Å². The zero-order valence-electron chi connectivity index (χ0n) is 13.3. The van der Waals surface area contributed by atoms with Gasteiger partial charge < -0.3 is 5.32 Å². The fraction of sp³-hybridized carbons (Fsp3) is 0.111. The molecule has 3 aromatic rings. The third-order valence-corrected chi connectivity index (χ3v) is 4.73. The molecule has 0 saturated heterocycles. The molecular weight excluding hydrogens is 381 g/mol. The highest BCUT2D eigenvalue weighted by Gasteiger charge is 2.13. The molecule has 0 saturated carbocycles. The van der Waals surface area contributed by atoms with E-state index in [9.17, 15) is 4.79 Å². The van der Waals surface area contributed by atoms with Crippen molar-refractivity contribution in [1.29, 1.82) is 0 Å². The number of carbonyl (C=O) groups is 1. The highest BCUT2D eigenvalue weighted by atomic mass is 35.5. The van der Waals surface area contributed by atoms with Crippen LogP contribution < -0.4 is 5.32 Å². The van der Waals surface area contributed by atoms with Gasteiger partial charge in [-0.2, -0.15) is 5.10 Å². The number of aromatic nitrogens is 2. The smallest absolute Gasteiger partial charge is 0.258 e. The first-order valence-corrected chi connectivity index (χ1v) is 8.61. The number of carbonyl (C=O) groups excluding carboxylic acids is 1. The number of halogens is 3. The van der Waals surface area contributed by atoms with Gasteiger partial charge in [-0.1, -0.05) is 53.0 Å². The van der Waals surface area contributed by atoms with E-state index in [0.717, 1.165) is 11.3 Å². The Kier molecular flexibility index (Phi) is 5.33. The van der Waals surface area contributed by atoms with Crippen LogP contribution in [0.3, 0.4) is 0 Å². The number of amides is 1. The molecule has 0 aliphatic carbocycles. The van der Waals surface area contributed by atoms with Crippen LogP contribution in [0, 0.1) is 6.92 Å². The Morgan fingerprint density at radius 2 is 1.80 bits per heavy atom. The van der Waals surface area contributed by atoms with Crippen LogP contribution in [-0.4, -0.2) is 15.7 Å². The van der Waals surface area contributed by atoms with E-state index in [1.807, 2.05) is 13.0 Å². The maximum Gasteiger partial charge on any atom is 0.258 e.